The van der Waals surface area contributed by atoms with Gasteiger partial charge in [-0.3, -0.25) is 4.79 Å². The van der Waals surface area contributed by atoms with Crippen molar-refractivity contribution >= 4 is 17.4 Å². The number of methoxy groups -OCH3 is 2. The molecular weight excluding hydrogens is 370 g/mol. The van der Waals surface area contributed by atoms with Crippen LogP contribution in [0.2, 0.25) is 0 Å². The monoisotopic (exact) mass is 395 g/mol. The highest BCUT2D eigenvalue weighted by Crippen LogP contribution is 2.46. The molecule has 2 aromatic rings. The van der Waals surface area contributed by atoms with Gasteiger partial charge in [0.25, 0.3) is 0 Å². The van der Waals surface area contributed by atoms with Crippen molar-refractivity contribution in [2.45, 2.75) is 19.3 Å². The lowest BCUT2D eigenvalue weighted by Gasteiger charge is -2.23. The van der Waals surface area contributed by atoms with Crippen LogP contribution in [0.3, 0.4) is 0 Å². The summed E-state index contributed by atoms with van der Waals surface area (Å²) >= 11 is 0. The molecule has 1 heterocycles. The molecule has 29 heavy (non-hydrogen) atoms. The molecule has 6 heteroatoms. The normalized spacial score (nSPS) is 15.8. The van der Waals surface area contributed by atoms with Crippen LogP contribution < -0.4 is 14.4 Å². The summed E-state index contributed by atoms with van der Waals surface area (Å²) in [5.74, 6) is 0.0556. The molecule has 0 saturated carbocycles. The van der Waals surface area contributed by atoms with E-state index in [9.17, 15) is 9.59 Å². The lowest BCUT2D eigenvalue weighted by molar-refractivity contribution is -0.117. The fraction of sp³-hybridized carbons (Fsp3) is 0.304. The van der Waals surface area contributed by atoms with Gasteiger partial charge in [-0.1, -0.05) is 32.0 Å². The standard InChI is InChI=1S/C23H25NO5/c1-23(2)17-8-6-7-9-18(17)24(3)21(23)13-16(25)14-29-22(26)15-10-11-19(27-4)20(12-15)28-5/h6-13H,14H2,1-5H3. The van der Waals surface area contributed by atoms with E-state index in [-0.39, 0.29) is 23.4 Å². The first-order valence-corrected chi connectivity index (χ1v) is 9.27. The third kappa shape index (κ3) is 3.83. The molecule has 0 aliphatic carbocycles. The van der Waals surface area contributed by atoms with E-state index in [1.165, 1.54) is 20.3 Å². The summed E-state index contributed by atoms with van der Waals surface area (Å²) < 4.78 is 15.6. The highest BCUT2D eigenvalue weighted by atomic mass is 16.5. The molecule has 152 valence electrons. The summed E-state index contributed by atoms with van der Waals surface area (Å²) in [7, 11) is 4.94. The minimum absolute atomic E-state index is 0.276. The van der Waals surface area contributed by atoms with Crippen molar-refractivity contribution in [3.05, 3.63) is 65.4 Å². The van der Waals surface area contributed by atoms with Gasteiger partial charge in [-0.25, -0.2) is 4.79 Å². The number of para-hydroxylation sites is 1. The SMILES string of the molecule is COc1ccc(C(=O)OCC(=O)C=C2N(C)c3ccccc3C2(C)C)cc1OC. The number of ether oxygens (including phenoxy) is 3. The number of fused-ring (bicyclic) bond motifs is 1. The van der Waals surface area contributed by atoms with Crippen LogP contribution in [0, 0.1) is 0 Å². The molecule has 6 nitrogen and oxygen atoms in total. The molecule has 0 unspecified atom stereocenters. The molecule has 0 saturated heterocycles. The van der Waals surface area contributed by atoms with Crippen LogP contribution in [0.25, 0.3) is 0 Å². The molecule has 0 fully saturated rings. The number of carbonyl (C=O) groups is 2. The Balaban J connectivity index is 1.71. The van der Waals surface area contributed by atoms with E-state index in [1.807, 2.05) is 30.1 Å². The minimum atomic E-state index is -0.597. The average Bonchev–Trinajstić information content (AvgIpc) is 2.92. The molecule has 3 rings (SSSR count). The molecular formula is C23H25NO5. The van der Waals surface area contributed by atoms with Crippen LogP contribution in [-0.4, -0.2) is 39.6 Å². The van der Waals surface area contributed by atoms with Crippen molar-refractivity contribution in [3.8, 4) is 11.5 Å². The average molecular weight is 395 g/mol. The zero-order chi connectivity index (χ0) is 21.2. The van der Waals surface area contributed by atoms with E-state index in [1.54, 1.807) is 18.2 Å². The first-order valence-electron chi connectivity index (χ1n) is 9.27. The summed E-state index contributed by atoms with van der Waals surface area (Å²) in [6, 6.07) is 12.8. The van der Waals surface area contributed by atoms with Gasteiger partial charge in [0.15, 0.2) is 23.9 Å². The number of benzene rings is 2. The number of anilines is 1. The summed E-state index contributed by atoms with van der Waals surface area (Å²) in [6.45, 7) is 3.81. The molecule has 1 aliphatic rings. The Labute approximate surface area is 170 Å². The molecule has 0 amide bonds. The fourth-order valence-corrected chi connectivity index (χ4v) is 3.64. The van der Waals surface area contributed by atoms with E-state index in [0.717, 1.165) is 16.9 Å². The highest BCUT2D eigenvalue weighted by Gasteiger charge is 2.38. The fourth-order valence-electron chi connectivity index (χ4n) is 3.64. The number of esters is 1. The Bertz CT molecular complexity index is 977. The second-order valence-electron chi connectivity index (χ2n) is 7.34. The Morgan fingerprint density at radius 3 is 2.38 bits per heavy atom. The lowest BCUT2D eigenvalue weighted by Crippen LogP contribution is -2.25. The van der Waals surface area contributed by atoms with Gasteiger partial charge in [0.2, 0.25) is 0 Å². The maximum atomic E-state index is 12.5. The van der Waals surface area contributed by atoms with Crippen molar-refractivity contribution in [3.63, 3.8) is 0 Å². The molecule has 0 bridgehead atoms. The van der Waals surface area contributed by atoms with Crippen molar-refractivity contribution in [1.82, 2.24) is 0 Å². The zero-order valence-electron chi connectivity index (χ0n) is 17.3. The van der Waals surface area contributed by atoms with E-state index in [4.69, 9.17) is 14.2 Å². The van der Waals surface area contributed by atoms with E-state index >= 15 is 0 Å². The van der Waals surface area contributed by atoms with Gasteiger partial charge >= 0.3 is 5.97 Å². The number of hydrogen-bond acceptors (Lipinski definition) is 6. The van der Waals surface area contributed by atoms with Crippen molar-refractivity contribution in [2.24, 2.45) is 0 Å². The summed E-state index contributed by atoms with van der Waals surface area (Å²) in [4.78, 5) is 26.8. The van der Waals surface area contributed by atoms with Crippen molar-refractivity contribution < 1.29 is 23.8 Å². The third-order valence-electron chi connectivity index (χ3n) is 5.20. The lowest BCUT2D eigenvalue weighted by atomic mass is 9.83. The summed E-state index contributed by atoms with van der Waals surface area (Å²) in [5.41, 5.74) is 3.07. The molecule has 0 atom stereocenters. The largest absolute Gasteiger partial charge is 0.493 e. The second-order valence-corrected chi connectivity index (χ2v) is 7.34. The number of ketones is 1. The van der Waals surface area contributed by atoms with Crippen LogP contribution in [-0.2, 0) is 14.9 Å². The first kappa shape index (κ1) is 20.5. The molecule has 0 radical (unpaired) electrons. The van der Waals surface area contributed by atoms with Gasteiger partial charge in [-0.05, 0) is 29.8 Å². The maximum absolute atomic E-state index is 12.5. The van der Waals surface area contributed by atoms with E-state index in [2.05, 4.69) is 19.9 Å². The van der Waals surface area contributed by atoms with Gasteiger partial charge in [-0.2, -0.15) is 0 Å². The topological polar surface area (TPSA) is 65.1 Å². The van der Waals surface area contributed by atoms with Gasteiger partial charge in [0, 0.05) is 29.9 Å². The Kier molecular flexibility index (Phi) is 5.64. The number of likely N-dealkylation sites (N-methyl/N-ethyl adjacent to an activating group) is 1. The molecule has 2 aromatic carbocycles. The van der Waals surface area contributed by atoms with Crippen molar-refractivity contribution in [1.29, 1.82) is 0 Å². The Morgan fingerprint density at radius 1 is 1.03 bits per heavy atom. The van der Waals surface area contributed by atoms with E-state index in [0.29, 0.717) is 11.5 Å². The highest BCUT2D eigenvalue weighted by molar-refractivity contribution is 5.96. The minimum Gasteiger partial charge on any atom is -0.493 e. The predicted molar refractivity (Wildman–Crippen MR) is 111 cm³/mol. The quantitative estimate of drug-likeness (QED) is 0.548. The second kappa shape index (κ2) is 7.99. The van der Waals surface area contributed by atoms with E-state index < -0.39 is 5.97 Å². The van der Waals surface area contributed by atoms with Gasteiger partial charge in [-0.15, -0.1) is 0 Å². The number of rotatable bonds is 6. The van der Waals surface area contributed by atoms with Gasteiger partial charge in [0.05, 0.1) is 19.8 Å². The number of carbonyl (C=O) groups excluding carboxylic acids is 2. The first-order chi connectivity index (χ1) is 13.8. The zero-order valence-corrected chi connectivity index (χ0v) is 17.3. The van der Waals surface area contributed by atoms with Gasteiger partial charge < -0.3 is 19.1 Å². The molecule has 0 aromatic heterocycles. The van der Waals surface area contributed by atoms with Crippen LogP contribution >= 0.6 is 0 Å². The summed E-state index contributed by atoms with van der Waals surface area (Å²) in [5, 5.41) is 0. The summed E-state index contributed by atoms with van der Waals surface area (Å²) in [6.07, 6.45) is 1.56. The van der Waals surface area contributed by atoms with Crippen LogP contribution in [0.5, 0.6) is 11.5 Å². The molecule has 0 N–H and O–H groups in total. The van der Waals surface area contributed by atoms with Crippen LogP contribution in [0.1, 0.15) is 29.8 Å². The number of allylic oxidation sites excluding steroid dienone is 1. The third-order valence-corrected chi connectivity index (χ3v) is 5.20. The molecule has 1 aliphatic heterocycles. The smallest absolute Gasteiger partial charge is 0.338 e. The maximum Gasteiger partial charge on any atom is 0.338 e. The Hall–Kier alpha value is -3.28. The predicted octanol–water partition coefficient (Wildman–Crippen LogP) is 3.74. The van der Waals surface area contributed by atoms with Crippen LogP contribution in [0.15, 0.2) is 54.2 Å². The Morgan fingerprint density at radius 2 is 1.72 bits per heavy atom. The number of nitrogens with zero attached hydrogens (tertiary/aromatic N) is 1. The van der Waals surface area contributed by atoms with Crippen molar-refractivity contribution in [2.75, 3.05) is 32.8 Å². The van der Waals surface area contributed by atoms with Gasteiger partial charge in [0.1, 0.15) is 0 Å². The number of hydrogen-bond donors (Lipinski definition) is 0. The van der Waals surface area contributed by atoms with Crippen LogP contribution in [0.4, 0.5) is 5.69 Å². The molecule has 0 spiro atoms.